The predicted molar refractivity (Wildman–Crippen MR) is 252 cm³/mol. The fraction of sp³-hybridized carbons (Fsp3) is 0.667. The summed E-state index contributed by atoms with van der Waals surface area (Å²) < 4.78 is 13.2. The average Bonchev–Trinajstić information content (AvgIpc) is 3.25. The summed E-state index contributed by atoms with van der Waals surface area (Å²) in [5, 5.41) is 0. The Balaban J connectivity index is 1.21. The number of carbonyl (C=O) groups is 2. The molecule has 0 saturated carbocycles. The van der Waals surface area contributed by atoms with Crippen molar-refractivity contribution in [2.75, 3.05) is 65.6 Å². The monoisotopic (exact) mass is 827 g/mol. The van der Waals surface area contributed by atoms with Crippen molar-refractivity contribution in [3.63, 3.8) is 0 Å². The van der Waals surface area contributed by atoms with Gasteiger partial charge >= 0.3 is 11.9 Å². The van der Waals surface area contributed by atoms with Gasteiger partial charge in [-0.25, -0.2) is 9.59 Å². The van der Waals surface area contributed by atoms with Crippen LogP contribution in [0.1, 0.15) is 167 Å². The van der Waals surface area contributed by atoms with Crippen LogP contribution >= 0.6 is 0 Å². The number of quaternary nitrogens is 2. The van der Waals surface area contributed by atoms with Crippen molar-refractivity contribution in [1.29, 1.82) is 0 Å². The third-order valence-electron chi connectivity index (χ3n) is 13.3. The Kier molecular flexibility index (Phi) is 23.4. The molecule has 0 spiro atoms. The minimum absolute atomic E-state index is 0.0178. The zero-order valence-electron chi connectivity index (χ0n) is 38.9. The first-order chi connectivity index (χ1) is 29.2. The number of allylic oxidation sites excluding steroid dienone is 2. The van der Waals surface area contributed by atoms with Gasteiger partial charge in [0.15, 0.2) is 13.1 Å². The van der Waals surface area contributed by atoms with Crippen LogP contribution in [0.25, 0.3) is 11.1 Å². The standard InChI is InChI=1S/C54H86N2O4/c1-5-7-9-11-13-15-23-41-59-53(57)45-55(35-19-17-20-36-55)39-33-47(3)43-49-25-29-51(30-26-49)52-31-27-50(28-32-52)44-48(4)34-40-56(37-21-18-22-38-56)46-54(58)60-42-24-16-14-12-10-8-6-2/h25-34H,5-24,35-46H2,1-4H3/q+2/b47-33+,48-34+. The van der Waals surface area contributed by atoms with Crippen LogP contribution in [0.2, 0.25) is 0 Å². The van der Waals surface area contributed by atoms with Crippen molar-refractivity contribution in [1.82, 2.24) is 0 Å². The van der Waals surface area contributed by atoms with Crippen LogP contribution in [-0.4, -0.2) is 86.5 Å². The van der Waals surface area contributed by atoms with Gasteiger partial charge in [-0.1, -0.05) is 151 Å². The summed E-state index contributed by atoms with van der Waals surface area (Å²) in [5.74, 6) is -0.0357. The fourth-order valence-electron chi connectivity index (χ4n) is 9.42. The van der Waals surface area contributed by atoms with Gasteiger partial charge in [-0.15, -0.1) is 0 Å². The van der Waals surface area contributed by atoms with E-state index in [9.17, 15) is 9.59 Å². The summed E-state index contributed by atoms with van der Waals surface area (Å²) in [5.41, 5.74) is 7.84. The molecule has 0 unspecified atom stereocenters. The molecule has 0 bridgehead atoms. The molecule has 2 aromatic carbocycles. The zero-order valence-corrected chi connectivity index (χ0v) is 38.9. The summed E-state index contributed by atoms with van der Waals surface area (Å²) >= 11 is 0. The van der Waals surface area contributed by atoms with Crippen molar-refractivity contribution < 1.29 is 28.0 Å². The fourth-order valence-corrected chi connectivity index (χ4v) is 9.42. The first-order valence-corrected chi connectivity index (χ1v) is 24.7. The molecule has 2 aliphatic heterocycles. The number of piperidine rings is 2. The summed E-state index contributed by atoms with van der Waals surface area (Å²) in [6.07, 6.45) is 31.2. The van der Waals surface area contributed by atoms with Crippen LogP contribution in [0, 0.1) is 0 Å². The number of likely N-dealkylation sites (tertiary alicyclic amines) is 2. The van der Waals surface area contributed by atoms with E-state index in [-0.39, 0.29) is 11.9 Å². The van der Waals surface area contributed by atoms with E-state index in [1.807, 2.05) is 0 Å². The Morgan fingerprint density at radius 2 is 0.817 bits per heavy atom. The number of ether oxygens (including phenoxy) is 2. The van der Waals surface area contributed by atoms with Crippen LogP contribution < -0.4 is 0 Å². The Morgan fingerprint density at radius 1 is 0.483 bits per heavy atom. The van der Waals surface area contributed by atoms with Crippen LogP contribution in [0.5, 0.6) is 0 Å². The van der Waals surface area contributed by atoms with E-state index in [0.29, 0.717) is 26.3 Å². The second-order valence-electron chi connectivity index (χ2n) is 18.9. The minimum Gasteiger partial charge on any atom is -0.462 e. The molecule has 0 amide bonds. The molecule has 0 N–H and O–H groups in total. The number of carbonyl (C=O) groups excluding carboxylic acids is 2. The van der Waals surface area contributed by atoms with Gasteiger partial charge in [-0.3, -0.25) is 0 Å². The third kappa shape index (κ3) is 19.2. The Morgan fingerprint density at radius 3 is 1.17 bits per heavy atom. The number of unbranched alkanes of at least 4 members (excludes halogenated alkanes) is 12. The van der Waals surface area contributed by atoms with E-state index in [0.717, 1.165) is 86.8 Å². The van der Waals surface area contributed by atoms with Gasteiger partial charge in [-0.05, 0) is 112 Å². The lowest BCUT2D eigenvalue weighted by molar-refractivity contribution is -0.920. The lowest BCUT2D eigenvalue weighted by Crippen LogP contribution is -2.54. The van der Waals surface area contributed by atoms with Crippen LogP contribution in [-0.2, 0) is 31.9 Å². The van der Waals surface area contributed by atoms with Crippen LogP contribution in [0.15, 0.2) is 71.8 Å². The van der Waals surface area contributed by atoms with Crippen LogP contribution in [0.4, 0.5) is 0 Å². The largest absolute Gasteiger partial charge is 0.462 e. The van der Waals surface area contributed by atoms with Crippen LogP contribution in [0.3, 0.4) is 0 Å². The predicted octanol–water partition coefficient (Wildman–Crippen LogP) is 12.9. The highest BCUT2D eigenvalue weighted by Crippen LogP contribution is 2.25. The van der Waals surface area contributed by atoms with Crippen molar-refractivity contribution in [2.24, 2.45) is 0 Å². The maximum Gasteiger partial charge on any atom is 0.361 e. The first-order valence-electron chi connectivity index (χ1n) is 24.7. The van der Waals surface area contributed by atoms with Crippen molar-refractivity contribution in [3.05, 3.63) is 83.0 Å². The zero-order chi connectivity index (χ0) is 42.7. The van der Waals surface area contributed by atoms with Gasteiger partial charge in [0.1, 0.15) is 0 Å². The number of rotatable bonds is 29. The molecule has 2 heterocycles. The number of hydrogen-bond donors (Lipinski definition) is 0. The Bertz CT molecular complexity index is 1430. The van der Waals surface area contributed by atoms with Crippen molar-refractivity contribution in [3.8, 4) is 11.1 Å². The van der Waals surface area contributed by atoms with E-state index in [1.54, 1.807) is 0 Å². The number of benzene rings is 2. The van der Waals surface area contributed by atoms with Gasteiger partial charge in [0.2, 0.25) is 0 Å². The maximum absolute atomic E-state index is 12.9. The Hall–Kier alpha value is -3.22. The molecule has 2 fully saturated rings. The number of nitrogens with zero attached hydrogens (tertiary/aromatic N) is 2. The van der Waals surface area contributed by atoms with Gasteiger partial charge in [-0.2, -0.15) is 0 Å². The second kappa shape index (κ2) is 28.4. The lowest BCUT2D eigenvalue weighted by atomic mass is 9.98. The highest BCUT2D eigenvalue weighted by atomic mass is 16.5. The summed E-state index contributed by atoms with van der Waals surface area (Å²) in [6.45, 7) is 17.2. The number of esters is 2. The molecule has 0 aromatic heterocycles. The van der Waals surface area contributed by atoms with Gasteiger partial charge < -0.3 is 18.4 Å². The summed E-state index contributed by atoms with van der Waals surface area (Å²) in [7, 11) is 0. The maximum atomic E-state index is 12.9. The summed E-state index contributed by atoms with van der Waals surface area (Å²) in [4.78, 5) is 25.9. The molecule has 6 nitrogen and oxygen atoms in total. The van der Waals surface area contributed by atoms with E-state index in [2.05, 4.69) is 88.4 Å². The Labute approximate surface area is 367 Å². The molecule has 2 aromatic rings. The van der Waals surface area contributed by atoms with Gasteiger partial charge in [0.05, 0.1) is 52.5 Å². The quantitative estimate of drug-likeness (QED) is 0.0355. The molecule has 2 saturated heterocycles. The van der Waals surface area contributed by atoms with E-state index < -0.39 is 0 Å². The molecule has 0 aliphatic carbocycles. The van der Waals surface area contributed by atoms with E-state index in [4.69, 9.17) is 9.47 Å². The summed E-state index contributed by atoms with van der Waals surface area (Å²) in [6, 6.07) is 18.1. The van der Waals surface area contributed by atoms with Gasteiger partial charge in [0.25, 0.3) is 0 Å². The lowest BCUT2D eigenvalue weighted by Gasteiger charge is -2.40. The highest BCUT2D eigenvalue weighted by Gasteiger charge is 2.33. The van der Waals surface area contributed by atoms with E-state index in [1.165, 1.54) is 136 Å². The third-order valence-corrected chi connectivity index (χ3v) is 13.3. The van der Waals surface area contributed by atoms with Crippen molar-refractivity contribution in [2.45, 2.75) is 169 Å². The highest BCUT2D eigenvalue weighted by molar-refractivity contribution is 5.71. The molecule has 4 rings (SSSR count). The number of hydrogen-bond acceptors (Lipinski definition) is 4. The second-order valence-corrected chi connectivity index (χ2v) is 18.9. The van der Waals surface area contributed by atoms with Gasteiger partial charge in [0, 0.05) is 0 Å². The topological polar surface area (TPSA) is 52.6 Å². The van der Waals surface area contributed by atoms with E-state index >= 15 is 0 Å². The van der Waals surface area contributed by atoms with Crippen molar-refractivity contribution >= 4 is 11.9 Å². The molecular weight excluding hydrogens is 741 g/mol. The molecule has 334 valence electrons. The molecular formula is C54H86N2O4+2. The molecule has 6 heteroatoms. The smallest absolute Gasteiger partial charge is 0.361 e. The molecule has 60 heavy (non-hydrogen) atoms. The minimum atomic E-state index is -0.0178. The first kappa shape index (κ1) is 49.4. The molecule has 0 radical (unpaired) electrons. The molecule has 0 atom stereocenters. The normalized spacial score (nSPS) is 16.7. The average molecular weight is 827 g/mol. The molecule has 2 aliphatic rings. The SMILES string of the molecule is CCCCCCCCCOC(=O)C[N+]1(C/C=C(\C)Cc2ccc(-c3ccc(C/C(C)=C/C[N+]4(CC(=O)OCCCCCCCCC)CCCCC4)cc3)cc2)CCCCC1.